The molecule has 0 fully saturated rings. The average Bonchev–Trinajstić information content (AvgIpc) is 2.16. The molecule has 0 unspecified atom stereocenters. The van der Waals surface area contributed by atoms with Gasteiger partial charge in [0.25, 0.3) is 0 Å². The first kappa shape index (κ1) is 10.4. The summed E-state index contributed by atoms with van der Waals surface area (Å²) in [6, 6.07) is 3.22. The number of ether oxygens (including phenoxy) is 2. The molecule has 0 aliphatic rings. The van der Waals surface area contributed by atoms with E-state index in [1.54, 1.807) is 12.1 Å². The summed E-state index contributed by atoms with van der Waals surface area (Å²) in [5, 5.41) is 0. The Bertz CT molecular complexity index is 361. The van der Waals surface area contributed by atoms with Crippen molar-refractivity contribution in [2.24, 2.45) is 0 Å². The maximum Gasteiger partial charge on any atom is 0.163 e. The van der Waals surface area contributed by atoms with Crippen LogP contribution in [0.1, 0.15) is 17.3 Å². The molecule has 0 heterocycles. The van der Waals surface area contributed by atoms with E-state index in [2.05, 4.69) is 0 Å². The number of anilines is 1. The Hall–Kier alpha value is -1.71. The van der Waals surface area contributed by atoms with Gasteiger partial charge in [0.05, 0.1) is 25.5 Å². The average molecular weight is 195 g/mol. The van der Waals surface area contributed by atoms with Crippen molar-refractivity contribution in [2.75, 3.05) is 20.0 Å². The third kappa shape index (κ3) is 1.79. The Morgan fingerprint density at radius 1 is 1.29 bits per heavy atom. The van der Waals surface area contributed by atoms with Gasteiger partial charge >= 0.3 is 0 Å². The summed E-state index contributed by atoms with van der Waals surface area (Å²) >= 11 is 0. The van der Waals surface area contributed by atoms with Gasteiger partial charge in [-0.1, -0.05) is 0 Å². The molecule has 4 nitrogen and oxygen atoms in total. The van der Waals surface area contributed by atoms with E-state index < -0.39 is 0 Å². The second-order valence-corrected chi connectivity index (χ2v) is 2.85. The maximum absolute atomic E-state index is 11.3. The van der Waals surface area contributed by atoms with E-state index in [4.69, 9.17) is 15.2 Å². The van der Waals surface area contributed by atoms with E-state index in [-0.39, 0.29) is 5.78 Å². The summed E-state index contributed by atoms with van der Waals surface area (Å²) in [5.41, 5.74) is 6.52. The number of carbonyl (C=O) groups excluding carboxylic acids is 1. The van der Waals surface area contributed by atoms with E-state index >= 15 is 0 Å². The van der Waals surface area contributed by atoms with Crippen LogP contribution in [0.5, 0.6) is 11.5 Å². The predicted molar refractivity (Wildman–Crippen MR) is 54.0 cm³/mol. The molecule has 0 saturated heterocycles. The number of nitrogens with two attached hydrogens (primary N) is 1. The standard InChI is InChI=1S/C10H13NO3/c1-6(12)8-4-7(13-2)5-9(11)10(8)14-3/h4-5H,11H2,1-3H3. The van der Waals surface area contributed by atoms with Gasteiger partial charge < -0.3 is 15.2 Å². The Kier molecular flexibility index (Phi) is 2.96. The number of rotatable bonds is 3. The molecule has 0 amide bonds. The molecule has 0 aliphatic carbocycles. The van der Waals surface area contributed by atoms with E-state index in [9.17, 15) is 4.79 Å². The van der Waals surface area contributed by atoms with Crippen molar-refractivity contribution in [1.82, 2.24) is 0 Å². The topological polar surface area (TPSA) is 61.6 Å². The largest absolute Gasteiger partial charge is 0.497 e. The number of ketones is 1. The minimum absolute atomic E-state index is 0.104. The molecule has 0 aliphatic heterocycles. The van der Waals surface area contributed by atoms with Crippen molar-refractivity contribution in [3.05, 3.63) is 17.7 Å². The van der Waals surface area contributed by atoms with Gasteiger partial charge in [-0.2, -0.15) is 0 Å². The highest BCUT2D eigenvalue weighted by atomic mass is 16.5. The van der Waals surface area contributed by atoms with Crippen LogP contribution in [0.15, 0.2) is 12.1 Å². The highest BCUT2D eigenvalue weighted by Gasteiger charge is 2.13. The number of carbonyl (C=O) groups is 1. The van der Waals surface area contributed by atoms with Gasteiger partial charge in [-0.05, 0) is 13.0 Å². The molecule has 14 heavy (non-hydrogen) atoms. The molecule has 0 atom stereocenters. The Labute approximate surface area is 82.6 Å². The predicted octanol–water partition coefficient (Wildman–Crippen LogP) is 1.49. The molecule has 0 aromatic heterocycles. The molecule has 0 spiro atoms. The summed E-state index contributed by atoms with van der Waals surface area (Å²) < 4.78 is 10.0. The van der Waals surface area contributed by atoms with Gasteiger partial charge in [0, 0.05) is 6.07 Å². The zero-order valence-corrected chi connectivity index (χ0v) is 8.46. The molecule has 0 saturated carbocycles. The van der Waals surface area contributed by atoms with Crippen LogP contribution in [0.25, 0.3) is 0 Å². The lowest BCUT2D eigenvalue weighted by Gasteiger charge is -2.10. The van der Waals surface area contributed by atoms with Crippen molar-refractivity contribution < 1.29 is 14.3 Å². The maximum atomic E-state index is 11.3. The first-order chi connectivity index (χ1) is 6.60. The smallest absolute Gasteiger partial charge is 0.163 e. The molecular weight excluding hydrogens is 182 g/mol. The summed E-state index contributed by atoms with van der Waals surface area (Å²) in [6.07, 6.45) is 0. The highest BCUT2D eigenvalue weighted by Crippen LogP contribution is 2.31. The Morgan fingerprint density at radius 2 is 1.93 bits per heavy atom. The van der Waals surface area contributed by atoms with Crippen molar-refractivity contribution in [3.63, 3.8) is 0 Å². The quantitative estimate of drug-likeness (QED) is 0.586. The molecule has 76 valence electrons. The first-order valence-corrected chi connectivity index (χ1v) is 4.12. The molecule has 1 rings (SSSR count). The molecule has 0 radical (unpaired) electrons. The number of nitrogen functional groups attached to an aromatic ring is 1. The monoisotopic (exact) mass is 195 g/mol. The zero-order valence-electron chi connectivity index (χ0n) is 8.46. The molecule has 4 heteroatoms. The van der Waals surface area contributed by atoms with Crippen LogP contribution in [0.3, 0.4) is 0 Å². The van der Waals surface area contributed by atoms with Crippen LogP contribution in [0, 0.1) is 0 Å². The molecular formula is C10H13NO3. The van der Waals surface area contributed by atoms with E-state index in [0.29, 0.717) is 22.7 Å². The van der Waals surface area contributed by atoms with Crippen LogP contribution >= 0.6 is 0 Å². The van der Waals surface area contributed by atoms with Gasteiger partial charge in [-0.3, -0.25) is 4.79 Å². The highest BCUT2D eigenvalue weighted by molar-refractivity contribution is 5.99. The van der Waals surface area contributed by atoms with Crippen LogP contribution in [-0.4, -0.2) is 20.0 Å². The molecule has 1 aromatic carbocycles. The fourth-order valence-corrected chi connectivity index (χ4v) is 1.23. The lowest BCUT2D eigenvalue weighted by Crippen LogP contribution is -2.02. The van der Waals surface area contributed by atoms with Crippen LogP contribution in [0.4, 0.5) is 5.69 Å². The summed E-state index contributed by atoms with van der Waals surface area (Å²) in [4.78, 5) is 11.3. The lowest BCUT2D eigenvalue weighted by molar-refractivity contribution is 0.101. The number of Topliss-reactive ketones (excluding diaryl/α,β-unsaturated/α-hetero) is 1. The van der Waals surface area contributed by atoms with Crippen LogP contribution < -0.4 is 15.2 Å². The fourth-order valence-electron chi connectivity index (χ4n) is 1.23. The summed E-state index contributed by atoms with van der Waals surface area (Å²) in [6.45, 7) is 1.46. The molecule has 1 aromatic rings. The first-order valence-electron chi connectivity index (χ1n) is 4.12. The third-order valence-corrected chi connectivity index (χ3v) is 1.91. The number of methoxy groups -OCH3 is 2. The second kappa shape index (κ2) is 4.00. The van der Waals surface area contributed by atoms with Crippen LogP contribution in [0.2, 0.25) is 0 Å². The van der Waals surface area contributed by atoms with Gasteiger partial charge in [-0.25, -0.2) is 0 Å². The van der Waals surface area contributed by atoms with Gasteiger partial charge in [0.1, 0.15) is 5.75 Å². The second-order valence-electron chi connectivity index (χ2n) is 2.85. The summed E-state index contributed by atoms with van der Waals surface area (Å²) in [7, 11) is 3.00. The minimum atomic E-state index is -0.104. The van der Waals surface area contributed by atoms with E-state index in [1.165, 1.54) is 21.1 Å². The Balaban J connectivity index is 3.35. The summed E-state index contributed by atoms with van der Waals surface area (Å²) in [5.74, 6) is 0.847. The Morgan fingerprint density at radius 3 is 2.36 bits per heavy atom. The van der Waals surface area contributed by atoms with Crippen LogP contribution in [-0.2, 0) is 0 Å². The SMILES string of the molecule is COc1cc(N)c(OC)c(C(C)=O)c1. The molecule has 0 bridgehead atoms. The van der Waals surface area contributed by atoms with Crippen molar-refractivity contribution in [2.45, 2.75) is 6.92 Å². The number of hydrogen-bond donors (Lipinski definition) is 1. The van der Waals surface area contributed by atoms with Crippen molar-refractivity contribution in [3.8, 4) is 11.5 Å². The van der Waals surface area contributed by atoms with Crippen molar-refractivity contribution in [1.29, 1.82) is 0 Å². The van der Waals surface area contributed by atoms with Gasteiger partial charge in [0.15, 0.2) is 11.5 Å². The van der Waals surface area contributed by atoms with E-state index in [0.717, 1.165) is 0 Å². The zero-order chi connectivity index (χ0) is 10.7. The number of hydrogen-bond acceptors (Lipinski definition) is 4. The molecule has 2 N–H and O–H groups in total. The minimum Gasteiger partial charge on any atom is -0.497 e. The van der Waals surface area contributed by atoms with E-state index in [1.807, 2.05) is 0 Å². The lowest BCUT2D eigenvalue weighted by atomic mass is 10.1. The van der Waals surface area contributed by atoms with Crippen molar-refractivity contribution >= 4 is 11.5 Å². The fraction of sp³-hybridized carbons (Fsp3) is 0.300. The van der Waals surface area contributed by atoms with Gasteiger partial charge in [0.2, 0.25) is 0 Å². The normalized spacial score (nSPS) is 9.64. The third-order valence-electron chi connectivity index (χ3n) is 1.91. The number of benzene rings is 1. The van der Waals surface area contributed by atoms with Gasteiger partial charge in [-0.15, -0.1) is 0 Å².